The summed E-state index contributed by atoms with van der Waals surface area (Å²) in [5, 5.41) is 15.2. The van der Waals surface area contributed by atoms with Crippen molar-refractivity contribution in [1.29, 1.82) is 0 Å². The lowest BCUT2D eigenvalue weighted by atomic mass is 10.0. The summed E-state index contributed by atoms with van der Waals surface area (Å²) < 4.78 is 15.6. The molecule has 0 aliphatic carbocycles. The number of nitrogens with two attached hydrogens (primary N) is 1. The number of hydrogen-bond acceptors (Lipinski definition) is 5. The number of aliphatic hydroxyl groups is 1. The van der Waals surface area contributed by atoms with Crippen LogP contribution >= 0.6 is 11.6 Å². The van der Waals surface area contributed by atoms with Crippen LogP contribution in [-0.4, -0.2) is 49.8 Å². The fraction of sp³-hybridized carbons (Fsp3) is 0.381. The molecule has 1 aromatic carbocycles. The highest BCUT2D eigenvalue weighted by molar-refractivity contribution is 6.30. The van der Waals surface area contributed by atoms with Crippen molar-refractivity contribution in [2.75, 3.05) is 18.0 Å². The Kier molecular flexibility index (Phi) is 4.94. The normalized spacial score (nSPS) is 23.8. The van der Waals surface area contributed by atoms with Gasteiger partial charge in [-0.25, -0.2) is 18.7 Å². The van der Waals surface area contributed by atoms with E-state index in [0.29, 0.717) is 29.2 Å². The molecule has 31 heavy (non-hydrogen) atoms. The van der Waals surface area contributed by atoms with Crippen LogP contribution in [0.5, 0.6) is 0 Å². The number of benzene rings is 1. The summed E-state index contributed by atoms with van der Waals surface area (Å²) >= 11 is 6.08. The molecule has 3 N–H and O–H groups in total. The number of halogens is 2. The van der Waals surface area contributed by atoms with Crippen molar-refractivity contribution in [1.82, 2.24) is 19.5 Å². The molecule has 3 atom stereocenters. The number of likely N-dealkylation sites (tertiary alicyclic amines) is 1. The van der Waals surface area contributed by atoms with E-state index in [1.807, 2.05) is 6.07 Å². The maximum absolute atomic E-state index is 13.9. The molecule has 2 fully saturated rings. The lowest BCUT2D eigenvalue weighted by molar-refractivity contribution is 0.126. The fourth-order valence-corrected chi connectivity index (χ4v) is 5.03. The first-order valence-electron chi connectivity index (χ1n) is 10.2. The molecule has 162 valence electrons. The number of amides is 2. The molecule has 4 heterocycles. The minimum absolute atomic E-state index is 0.0475. The first kappa shape index (κ1) is 20.0. The number of fused-ring (bicyclic) bond motifs is 1. The van der Waals surface area contributed by atoms with E-state index in [9.17, 15) is 14.3 Å². The second kappa shape index (κ2) is 7.65. The highest BCUT2D eigenvalue weighted by Gasteiger charge is 2.38. The van der Waals surface area contributed by atoms with E-state index >= 15 is 0 Å². The van der Waals surface area contributed by atoms with Crippen LogP contribution in [0.2, 0.25) is 5.02 Å². The SMILES string of the molecule is NC(=O)N1CCC(O)C1c1cnn2ccc(N3CCC[C@@H]3c3cc(F)cc(Cl)c3)nc12. The van der Waals surface area contributed by atoms with Gasteiger partial charge in [0, 0.05) is 29.9 Å². The Balaban J connectivity index is 1.54. The van der Waals surface area contributed by atoms with Crippen LogP contribution in [0, 0.1) is 5.82 Å². The zero-order valence-electron chi connectivity index (χ0n) is 16.7. The molecule has 2 amide bonds. The molecule has 0 saturated carbocycles. The summed E-state index contributed by atoms with van der Waals surface area (Å²) in [5.41, 5.74) is 7.53. The summed E-state index contributed by atoms with van der Waals surface area (Å²) in [4.78, 5) is 20.3. The van der Waals surface area contributed by atoms with Gasteiger partial charge in [-0.15, -0.1) is 0 Å². The summed E-state index contributed by atoms with van der Waals surface area (Å²) in [6.45, 7) is 1.15. The molecule has 2 aliphatic heterocycles. The van der Waals surface area contributed by atoms with Crippen LogP contribution in [0.3, 0.4) is 0 Å². The minimum atomic E-state index is -0.736. The van der Waals surface area contributed by atoms with E-state index in [4.69, 9.17) is 22.3 Å². The Labute approximate surface area is 183 Å². The Hall–Kier alpha value is -2.91. The maximum atomic E-state index is 13.9. The summed E-state index contributed by atoms with van der Waals surface area (Å²) in [7, 11) is 0. The number of rotatable bonds is 3. The maximum Gasteiger partial charge on any atom is 0.315 e. The van der Waals surface area contributed by atoms with E-state index in [1.165, 1.54) is 17.0 Å². The summed E-state index contributed by atoms with van der Waals surface area (Å²) in [6, 6.07) is 5.24. The van der Waals surface area contributed by atoms with E-state index < -0.39 is 18.2 Å². The van der Waals surface area contributed by atoms with Gasteiger partial charge >= 0.3 is 6.03 Å². The second-order valence-electron chi connectivity index (χ2n) is 8.04. The molecule has 2 saturated heterocycles. The molecule has 10 heteroatoms. The van der Waals surface area contributed by atoms with Crippen LogP contribution < -0.4 is 10.6 Å². The van der Waals surface area contributed by atoms with Crippen LogP contribution in [0.15, 0.2) is 36.7 Å². The smallest absolute Gasteiger partial charge is 0.315 e. The van der Waals surface area contributed by atoms with Crippen molar-refractivity contribution in [3.8, 4) is 0 Å². The number of carbonyl (C=O) groups excluding carboxylic acids is 1. The first-order chi connectivity index (χ1) is 14.9. The van der Waals surface area contributed by atoms with Crippen LogP contribution in [0.25, 0.3) is 5.65 Å². The molecule has 5 rings (SSSR count). The van der Waals surface area contributed by atoms with Gasteiger partial charge in [0.2, 0.25) is 0 Å². The Morgan fingerprint density at radius 1 is 1.26 bits per heavy atom. The molecular weight excluding hydrogens is 423 g/mol. The predicted molar refractivity (Wildman–Crippen MR) is 113 cm³/mol. The number of anilines is 1. The first-order valence-corrected chi connectivity index (χ1v) is 10.6. The minimum Gasteiger partial charge on any atom is -0.391 e. The number of nitrogens with zero attached hydrogens (tertiary/aromatic N) is 5. The van der Waals surface area contributed by atoms with Crippen molar-refractivity contribution in [3.63, 3.8) is 0 Å². The lowest BCUT2D eigenvalue weighted by Gasteiger charge is -2.27. The van der Waals surface area contributed by atoms with Crippen molar-refractivity contribution in [2.45, 2.75) is 37.5 Å². The van der Waals surface area contributed by atoms with Crippen LogP contribution in [0.4, 0.5) is 15.0 Å². The highest BCUT2D eigenvalue weighted by Crippen LogP contribution is 2.38. The molecule has 2 aliphatic rings. The van der Waals surface area contributed by atoms with Gasteiger partial charge in [-0.05, 0) is 49.1 Å². The van der Waals surface area contributed by atoms with Crippen LogP contribution in [0.1, 0.15) is 42.5 Å². The zero-order chi connectivity index (χ0) is 21.7. The highest BCUT2D eigenvalue weighted by atomic mass is 35.5. The number of hydrogen-bond donors (Lipinski definition) is 2. The number of primary amides is 1. The van der Waals surface area contributed by atoms with Crippen molar-refractivity contribution in [3.05, 3.63) is 58.6 Å². The third-order valence-electron chi connectivity index (χ3n) is 6.17. The average Bonchev–Trinajstić information content (AvgIpc) is 3.44. The Bertz CT molecular complexity index is 1130. The third-order valence-corrected chi connectivity index (χ3v) is 6.38. The molecule has 3 aromatic rings. The third kappa shape index (κ3) is 3.47. The summed E-state index contributed by atoms with van der Waals surface area (Å²) in [6.07, 6.45) is 4.92. The predicted octanol–water partition coefficient (Wildman–Crippen LogP) is 3.05. The molecule has 0 bridgehead atoms. The van der Waals surface area contributed by atoms with Gasteiger partial charge in [0.15, 0.2) is 5.65 Å². The largest absolute Gasteiger partial charge is 0.391 e. The zero-order valence-corrected chi connectivity index (χ0v) is 17.4. The van der Waals surface area contributed by atoms with Crippen molar-refractivity contribution in [2.24, 2.45) is 5.73 Å². The molecule has 2 aromatic heterocycles. The van der Waals surface area contributed by atoms with Gasteiger partial charge in [-0.3, -0.25) is 0 Å². The topological polar surface area (TPSA) is 100.0 Å². The molecule has 8 nitrogen and oxygen atoms in total. The molecule has 0 spiro atoms. The lowest BCUT2D eigenvalue weighted by Crippen LogP contribution is -2.37. The molecule has 0 radical (unpaired) electrons. The van der Waals surface area contributed by atoms with Gasteiger partial charge in [-0.1, -0.05) is 11.6 Å². The van der Waals surface area contributed by atoms with E-state index in [2.05, 4.69) is 10.00 Å². The van der Waals surface area contributed by atoms with Crippen molar-refractivity contribution < 1.29 is 14.3 Å². The average molecular weight is 445 g/mol. The van der Waals surface area contributed by atoms with Gasteiger partial charge in [0.05, 0.1) is 24.4 Å². The fourth-order valence-electron chi connectivity index (χ4n) is 4.80. The molecular formula is C21H22ClFN6O2. The second-order valence-corrected chi connectivity index (χ2v) is 8.48. The van der Waals surface area contributed by atoms with E-state index in [1.54, 1.807) is 23.0 Å². The van der Waals surface area contributed by atoms with Gasteiger partial charge < -0.3 is 20.6 Å². The number of carbonyl (C=O) groups is 1. The summed E-state index contributed by atoms with van der Waals surface area (Å²) in [5.74, 6) is 0.354. The Morgan fingerprint density at radius 2 is 2.10 bits per heavy atom. The van der Waals surface area contributed by atoms with Gasteiger partial charge in [0.1, 0.15) is 11.6 Å². The van der Waals surface area contributed by atoms with Gasteiger partial charge in [0.25, 0.3) is 0 Å². The Morgan fingerprint density at radius 3 is 2.87 bits per heavy atom. The quantitative estimate of drug-likeness (QED) is 0.646. The standard InChI is InChI=1S/C21H22ClFN6O2/c22-13-8-12(9-14(23)10-13)16-2-1-5-27(16)18-4-7-29-20(26-18)15(11-25-29)19-17(30)3-6-28(19)21(24)31/h4,7-11,16-17,19,30H,1-3,5-6H2,(H2,24,31)/t16-,17?,19?/m1/s1. The van der Waals surface area contributed by atoms with Crippen molar-refractivity contribution >= 4 is 29.1 Å². The monoisotopic (exact) mass is 444 g/mol. The molecule has 2 unspecified atom stereocenters. The van der Waals surface area contributed by atoms with E-state index in [0.717, 1.165) is 30.8 Å². The van der Waals surface area contributed by atoms with Gasteiger partial charge in [-0.2, -0.15) is 5.10 Å². The number of aromatic nitrogens is 3. The number of aliphatic hydroxyl groups excluding tert-OH is 1. The van der Waals surface area contributed by atoms with Crippen LogP contribution in [-0.2, 0) is 0 Å². The van der Waals surface area contributed by atoms with E-state index in [-0.39, 0.29) is 11.9 Å². The number of urea groups is 1.